The number of hydrogen-bond acceptors (Lipinski definition) is 9. The van der Waals surface area contributed by atoms with Crippen molar-refractivity contribution in [2.75, 3.05) is 65.7 Å². The molecule has 2 fully saturated rings. The second-order valence-electron chi connectivity index (χ2n) is 17.0. The summed E-state index contributed by atoms with van der Waals surface area (Å²) in [6.45, 7) is 17.3. The lowest BCUT2D eigenvalue weighted by Crippen LogP contribution is -2.43. The van der Waals surface area contributed by atoms with Crippen LogP contribution >= 0.6 is 0 Å². The van der Waals surface area contributed by atoms with Gasteiger partial charge in [-0.3, -0.25) is 14.6 Å². The summed E-state index contributed by atoms with van der Waals surface area (Å²) in [5, 5.41) is 12.3. The van der Waals surface area contributed by atoms with Crippen LogP contribution in [0.4, 0.5) is 0 Å². The Morgan fingerprint density at radius 3 is 1.36 bits per heavy atom. The van der Waals surface area contributed by atoms with Crippen LogP contribution in [0, 0.1) is 27.7 Å². The predicted molar refractivity (Wildman–Crippen MR) is 265 cm³/mol. The summed E-state index contributed by atoms with van der Waals surface area (Å²) in [5.41, 5.74) is 15.2. The monoisotopic (exact) mass is 906 g/mol. The van der Waals surface area contributed by atoms with Crippen molar-refractivity contribution in [1.82, 2.24) is 15.1 Å². The number of nitrogens with one attached hydrogen (secondary N) is 1. The van der Waals surface area contributed by atoms with Gasteiger partial charge in [0.1, 0.15) is 24.7 Å². The standard InChI is InChI=1S/C28H32N2O3.C16H16O3.C12H18N2O/c1-21-17-25(18-22(2)27(21)33-20-23-9-5-3-6-10-23)28(31)29-26(24-11-7-4-8-12-24)19-30-13-15-32-16-14-30;1-11-8-14(16(17)18)9-12(2)15(11)19-10-13-6-4-3-5-7-13;13-12(11-4-2-1-3-5-11)10-14-6-8-15-9-7-14/h3-12,17-18,26H,13-16,19-20H2,1-2H3,(H,29,31);3-9H,10H2,1-2H3,(H,17,18);1-5,12H,6-10,13H2. The zero-order chi connectivity index (χ0) is 47.4. The molecule has 2 aliphatic heterocycles. The molecule has 0 radical (unpaired) electrons. The third kappa shape index (κ3) is 15.9. The van der Waals surface area contributed by atoms with E-state index in [1.54, 1.807) is 12.1 Å². The van der Waals surface area contributed by atoms with Crippen molar-refractivity contribution in [2.45, 2.75) is 53.0 Å². The van der Waals surface area contributed by atoms with E-state index in [-0.39, 0.29) is 18.0 Å². The van der Waals surface area contributed by atoms with Crippen LogP contribution in [-0.4, -0.2) is 92.5 Å². The van der Waals surface area contributed by atoms with Gasteiger partial charge in [0.2, 0.25) is 0 Å². The molecule has 2 saturated heterocycles. The van der Waals surface area contributed by atoms with Crippen molar-refractivity contribution in [3.05, 3.63) is 201 Å². The van der Waals surface area contributed by atoms with Crippen LogP contribution in [0.5, 0.6) is 11.5 Å². The number of carbonyl (C=O) groups is 2. The van der Waals surface area contributed by atoms with Gasteiger partial charge >= 0.3 is 5.97 Å². The van der Waals surface area contributed by atoms with Crippen molar-refractivity contribution in [3.63, 3.8) is 0 Å². The number of ether oxygens (including phenoxy) is 4. The number of nitrogens with two attached hydrogens (primary N) is 1. The fourth-order valence-corrected chi connectivity index (χ4v) is 8.14. The maximum atomic E-state index is 13.3. The summed E-state index contributed by atoms with van der Waals surface area (Å²) < 4.78 is 22.7. The topological polar surface area (TPSA) is 136 Å². The first-order chi connectivity index (χ1) is 32.5. The molecule has 0 spiro atoms. The van der Waals surface area contributed by atoms with Gasteiger partial charge in [-0.05, 0) is 96.5 Å². The maximum Gasteiger partial charge on any atom is 0.335 e. The van der Waals surface area contributed by atoms with Crippen LogP contribution in [-0.2, 0) is 22.7 Å². The molecule has 1 amide bonds. The van der Waals surface area contributed by atoms with E-state index in [0.717, 1.165) is 116 Å². The Hall–Kier alpha value is -6.34. The molecule has 2 aliphatic rings. The molecule has 6 aromatic carbocycles. The van der Waals surface area contributed by atoms with Crippen LogP contribution < -0.4 is 20.5 Å². The molecule has 6 aromatic rings. The predicted octanol–water partition coefficient (Wildman–Crippen LogP) is 9.28. The number of carboxylic acids is 1. The molecule has 4 N–H and O–H groups in total. The Bertz CT molecular complexity index is 2380. The number of benzene rings is 6. The van der Waals surface area contributed by atoms with Gasteiger partial charge in [-0.25, -0.2) is 4.79 Å². The smallest absolute Gasteiger partial charge is 0.335 e. The SMILES string of the molecule is Cc1cc(C(=O)NC(CN2CCOCC2)c2ccccc2)cc(C)c1OCc1ccccc1.Cc1cc(C(=O)O)cc(C)c1OCc1ccccc1.NC(CN1CCOCC1)c1ccccc1. The van der Waals surface area contributed by atoms with E-state index in [0.29, 0.717) is 24.3 Å². The Labute approximate surface area is 396 Å². The van der Waals surface area contributed by atoms with Crippen molar-refractivity contribution in [1.29, 1.82) is 0 Å². The minimum Gasteiger partial charge on any atom is -0.488 e. The largest absolute Gasteiger partial charge is 0.488 e. The van der Waals surface area contributed by atoms with E-state index < -0.39 is 5.97 Å². The molecule has 0 saturated carbocycles. The molecule has 2 atom stereocenters. The Balaban J connectivity index is 0.000000183. The zero-order valence-corrected chi connectivity index (χ0v) is 39.4. The molecule has 11 nitrogen and oxygen atoms in total. The molecule has 0 bridgehead atoms. The normalized spacial score (nSPS) is 14.8. The van der Waals surface area contributed by atoms with Gasteiger partial charge in [0.05, 0.1) is 38.0 Å². The van der Waals surface area contributed by atoms with Gasteiger partial charge in [-0.2, -0.15) is 0 Å². The third-order valence-electron chi connectivity index (χ3n) is 11.7. The van der Waals surface area contributed by atoms with Gasteiger partial charge in [-0.1, -0.05) is 121 Å². The average Bonchev–Trinajstić information content (AvgIpc) is 3.35. The summed E-state index contributed by atoms with van der Waals surface area (Å²) in [5.74, 6) is 0.607. The van der Waals surface area contributed by atoms with E-state index in [1.165, 1.54) is 5.56 Å². The van der Waals surface area contributed by atoms with E-state index in [9.17, 15) is 9.59 Å². The number of hydrogen-bond donors (Lipinski definition) is 3. The first-order valence-electron chi connectivity index (χ1n) is 23.1. The summed E-state index contributed by atoms with van der Waals surface area (Å²) in [7, 11) is 0. The lowest BCUT2D eigenvalue weighted by Gasteiger charge is -2.31. The van der Waals surface area contributed by atoms with Crippen molar-refractivity contribution < 1.29 is 33.6 Å². The number of morpholine rings is 2. The highest BCUT2D eigenvalue weighted by Gasteiger charge is 2.22. The van der Waals surface area contributed by atoms with E-state index in [4.69, 9.17) is 29.8 Å². The van der Waals surface area contributed by atoms with Crippen molar-refractivity contribution in [3.8, 4) is 11.5 Å². The number of aryl methyl sites for hydroxylation is 4. The Morgan fingerprint density at radius 1 is 0.567 bits per heavy atom. The molecule has 67 heavy (non-hydrogen) atoms. The van der Waals surface area contributed by atoms with E-state index in [2.05, 4.69) is 39.4 Å². The van der Waals surface area contributed by atoms with Crippen molar-refractivity contribution in [2.24, 2.45) is 5.73 Å². The zero-order valence-electron chi connectivity index (χ0n) is 39.4. The van der Waals surface area contributed by atoms with Crippen LogP contribution in [0.3, 0.4) is 0 Å². The lowest BCUT2D eigenvalue weighted by molar-refractivity contribution is 0.0332. The average molecular weight is 907 g/mol. The minimum absolute atomic E-state index is 0.0714. The summed E-state index contributed by atoms with van der Waals surface area (Å²) >= 11 is 0. The first kappa shape index (κ1) is 50.1. The molecule has 0 aromatic heterocycles. The van der Waals surface area contributed by atoms with Gasteiger partial charge < -0.3 is 35.1 Å². The molecule has 2 heterocycles. The van der Waals surface area contributed by atoms with Gasteiger partial charge in [0.25, 0.3) is 5.91 Å². The van der Waals surface area contributed by atoms with E-state index >= 15 is 0 Å². The Morgan fingerprint density at radius 2 is 0.940 bits per heavy atom. The molecule has 2 unspecified atom stereocenters. The van der Waals surface area contributed by atoms with Crippen LogP contribution in [0.15, 0.2) is 146 Å². The summed E-state index contributed by atoms with van der Waals surface area (Å²) in [6, 6.07) is 47.5. The third-order valence-corrected chi connectivity index (χ3v) is 11.7. The molecule has 8 rings (SSSR count). The number of aromatic carboxylic acids is 1. The second kappa shape index (κ2) is 26.1. The Kier molecular flexibility index (Phi) is 19.5. The van der Waals surface area contributed by atoms with Crippen LogP contribution in [0.2, 0.25) is 0 Å². The summed E-state index contributed by atoms with van der Waals surface area (Å²) in [4.78, 5) is 28.9. The number of rotatable bonds is 15. The number of carbonyl (C=O) groups excluding carboxylic acids is 1. The number of amides is 1. The second-order valence-corrected chi connectivity index (χ2v) is 17.0. The van der Waals surface area contributed by atoms with E-state index in [1.807, 2.05) is 137 Å². The fraction of sp³-hybridized carbons (Fsp3) is 0.321. The van der Waals surface area contributed by atoms with Crippen LogP contribution in [0.25, 0.3) is 0 Å². The highest BCUT2D eigenvalue weighted by molar-refractivity contribution is 5.95. The molecule has 0 aliphatic carbocycles. The highest BCUT2D eigenvalue weighted by Crippen LogP contribution is 2.28. The van der Waals surface area contributed by atoms with Crippen molar-refractivity contribution >= 4 is 11.9 Å². The maximum absolute atomic E-state index is 13.3. The van der Waals surface area contributed by atoms with Gasteiger partial charge in [0, 0.05) is 50.9 Å². The summed E-state index contributed by atoms with van der Waals surface area (Å²) in [6.07, 6.45) is 0. The minimum atomic E-state index is -0.916. The highest BCUT2D eigenvalue weighted by atomic mass is 16.5. The van der Waals surface area contributed by atoms with Crippen LogP contribution in [0.1, 0.15) is 77.3 Å². The number of carboxylic acid groups (broad SMARTS) is 1. The first-order valence-corrected chi connectivity index (χ1v) is 23.1. The quantitative estimate of drug-likeness (QED) is 0.0915. The molecular weight excluding hydrogens is 841 g/mol. The van der Waals surface area contributed by atoms with Gasteiger partial charge in [0.15, 0.2) is 0 Å². The molecular formula is C56H66N4O7. The number of nitrogens with zero attached hydrogens (tertiary/aromatic N) is 2. The van der Waals surface area contributed by atoms with Gasteiger partial charge in [-0.15, -0.1) is 0 Å². The lowest BCUT2D eigenvalue weighted by atomic mass is 10.0. The fourth-order valence-electron chi connectivity index (χ4n) is 8.14. The molecule has 352 valence electrons. The molecule has 11 heteroatoms.